The SMILES string of the molecule is COc1ccccc1OCCC(=O)Nc1ccc(C)c(C(F)(F)F)c1. The number of nitrogens with one attached hydrogen (secondary N) is 1. The van der Waals surface area contributed by atoms with E-state index >= 15 is 0 Å². The Labute approximate surface area is 143 Å². The van der Waals surface area contributed by atoms with Crippen molar-refractivity contribution >= 4 is 11.6 Å². The van der Waals surface area contributed by atoms with Crippen molar-refractivity contribution < 1.29 is 27.4 Å². The molecule has 0 aliphatic carbocycles. The van der Waals surface area contributed by atoms with Crippen LogP contribution in [0.2, 0.25) is 0 Å². The van der Waals surface area contributed by atoms with Crippen LogP contribution in [0.1, 0.15) is 17.5 Å². The van der Waals surface area contributed by atoms with Gasteiger partial charge in [0.15, 0.2) is 11.5 Å². The summed E-state index contributed by atoms with van der Waals surface area (Å²) in [7, 11) is 1.50. The Morgan fingerprint density at radius 1 is 1.12 bits per heavy atom. The number of hydrogen-bond donors (Lipinski definition) is 1. The van der Waals surface area contributed by atoms with Gasteiger partial charge in [-0.15, -0.1) is 0 Å². The first kappa shape index (κ1) is 18.6. The first-order valence-electron chi connectivity index (χ1n) is 7.55. The lowest BCUT2D eigenvalue weighted by Gasteiger charge is -2.13. The fourth-order valence-corrected chi connectivity index (χ4v) is 2.22. The molecule has 2 rings (SSSR count). The van der Waals surface area contributed by atoms with Crippen LogP contribution in [0.15, 0.2) is 42.5 Å². The number of alkyl halides is 3. The maximum atomic E-state index is 12.9. The van der Waals surface area contributed by atoms with Crippen LogP contribution < -0.4 is 14.8 Å². The molecule has 0 saturated carbocycles. The molecule has 7 heteroatoms. The Morgan fingerprint density at radius 2 is 1.80 bits per heavy atom. The number of para-hydroxylation sites is 2. The summed E-state index contributed by atoms with van der Waals surface area (Å²) in [6, 6.07) is 10.7. The second-order valence-corrected chi connectivity index (χ2v) is 5.32. The van der Waals surface area contributed by atoms with Gasteiger partial charge in [0.2, 0.25) is 5.91 Å². The molecule has 2 aromatic carbocycles. The Kier molecular flexibility index (Phi) is 5.90. The number of carbonyl (C=O) groups excluding carboxylic acids is 1. The van der Waals surface area contributed by atoms with Gasteiger partial charge in [-0.2, -0.15) is 13.2 Å². The first-order chi connectivity index (χ1) is 11.8. The number of methoxy groups -OCH3 is 1. The smallest absolute Gasteiger partial charge is 0.416 e. The first-order valence-corrected chi connectivity index (χ1v) is 7.55. The van der Waals surface area contributed by atoms with Crippen LogP contribution in [0.4, 0.5) is 18.9 Å². The molecule has 0 atom stereocenters. The van der Waals surface area contributed by atoms with E-state index in [1.165, 1.54) is 26.2 Å². The summed E-state index contributed by atoms with van der Waals surface area (Å²) in [5.41, 5.74) is -0.569. The number of benzene rings is 2. The quantitative estimate of drug-likeness (QED) is 0.836. The number of amides is 1. The lowest BCUT2D eigenvalue weighted by atomic mass is 10.1. The molecule has 0 aliphatic rings. The zero-order valence-electron chi connectivity index (χ0n) is 13.8. The van der Waals surface area contributed by atoms with Gasteiger partial charge in [0.25, 0.3) is 0 Å². The van der Waals surface area contributed by atoms with E-state index in [1.807, 2.05) is 0 Å². The van der Waals surface area contributed by atoms with Crippen molar-refractivity contribution in [3.05, 3.63) is 53.6 Å². The molecule has 0 aromatic heterocycles. The molecular formula is C18H18F3NO3. The number of anilines is 1. The third-order valence-corrected chi connectivity index (χ3v) is 3.48. The molecule has 0 unspecified atom stereocenters. The van der Waals surface area contributed by atoms with E-state index in [4.69, 9.17) is 9.47 Å². The average molecular weight is 353 g/mol. The molecule has 0 radical (unpaired) electrons. The highest BCUT2D eigenvalue weighted by Gasteiger charge is 2.32. The third kappa shape index (κ3) is 5.14. The van der Waals surface area contributed by atoms with Crippen molar-refractivity contribution in [1.82, 2.24) is 0 Å². The zero-order chi connectivity index (χ0) is 18.4. The van der Waals surface area contributed by atoms with Crippen molar-refractivity contribution in [3.8, 4) is 11.5 Å². The van der Waals surface area contributed by atoms with Crippen LogP contribution in [-0.4, -0.2) is 19.6 Å². The summed E-state index contributed by atoms with van der Waals surface area (Å²) in [6.45, 7) is 1.44. The maximum Gasteiger partial charge on any atom is 0.416 e. The average Bonchev–Trinajstić information content (AvgIpc) is 2.56. The fraction of sp³-hybridized carbons (Fsp3) is 0.278. The molecule has 25 heavy (non-hydrogen) atoms. The van der Waals surface area contributed by atoms with Crippen molar-refractivity contribution in [3.63, 3.8) is 0 Å². The van der Waals surface area contributed by atoms with E-state index in [0.717, 1.165) is 6.07 Å². The highest BCUT2D eigenvalue weighted by atomic mass is 19.4. The predicted molar refractivity (Wildman–Crippen MR) is 87.9 cm³/mol. The molecule has 0 saturated heterocycles. The molecule has 2 aromatic rings. The largest absolute Gasteiger partial charge is 0.493 e. The number of hydrogen-bond acceptors (Lipinski definition) is 3. The topological polar surface area (TPSA) is 47.6 Å². The second-order valence-electron chi connectivity index (χ2n) is 5.32. The summed E-state index contributed by atoms with van der Waals surface area (Å²) in [6.07, 6.45) is -4.47. The van der Waals surface area contributed by atoms with Gasteiger partial charge in [-0.3, -0.25) is 4.79 Å². The molecule has 0 heterocycles. The monoisotopic (exact) mass is 353 g/mol. The summed E-state index contributed by atoms with van der Waals surface area (Å²) >= 11 is 0. The van der Waals surface area contributed by atoms with Crippen LogP contribution in [0.25, 0.3) is 0 Å². The van der Waals surface area contributed by atoms with E-state index in [0.29, 0.717) is 11.5 Å². The molecule has 0 aliphatic heterocycles. The van der Waals surface area contributed by atoms with E-state index in [2.05, 4.69) is 5.32 Å². The Balaban J connectivity index is 1.92. The summed E-state index contributed by atoms with van der Waals surface area (Å²) < 4.78 is 49.2. The highest BCUT2D eigenvalue weighted by molar-refractivity contribution is 5.90. The Bertz CT molecular complexity index is 745. The van der Waals surface area contributed by atoms with Crippen LogP contribution in [0.5, 0.6) is 11.5 Å². The van der Waals surface area contributed by atoms with Gasteiger partial charge >= 0.3 is 6.18 Å². The van der Waals surface area contributed by atoms with Crippen LogP contribution in [0, 0.1) is 6.92 Å². The van der Waals surface area contributed by atoms with Crippen LogP contribution >= 0.6 is 0 Å². The molecular weight excluding hydrogens is 335 g/mol. The highest BCUT2D eigenvalue weighted by Crippen LogP contribution is 2.33. The summed E-state index contributed by atoms with van der Waals surface area (Å²) in [4.78, 5) is 11.9. The lowest BCUT2D eigenvalue weighted by Crippen LogP contribution is -2.16. The second kappa shape index (κ2) is 7.92. The third-order valence-electron chi connectivity index (χ3n) is 3.48. The van der Waals surface area contributed by atoms with Gasteiger partial charge < -0.3 is 14.8 Å². The van der Waals surface area contributed by atoms with Gasteiger partial charge in [-0.1, -0.05) is 18.2 Å². The number of carbonyl (C=O) groups is 1. The minimum atomic E-state index is -4.46. The van der Waals surface area contributed by atoms with E-state index in [-0.39, 0.29) is 24.3 Å². The molecule has 1 amide bonds. The fourth-order valence-electron chi connectivity index (χ4n) is 2.22. The minimum absolute atomic E-state index is 0.00667. The van der Waals surface area contributed by atoms with E-state index in [1.54, 1.807) is 24.3 Å². The van der Waals surface area contributed by atoms with Crippen molar-refractivity contribution in [2.75, 3.05) is 19.0 Å². The van der Waals surface area contributed by atoms with Gasteiger partial charge in [-0.05, 0) is 36.8 Å². The van der Waals surface area contributed by atoms with E-state index in [9.17, 15) is 18.0 Å². The standard InChI is InChI=1S/C18H18F3NO3/c1-12-7-8-13(11-14(12)18(19,20)21)22-17(23)9-10-25-16-6-4-3-5-15(16)24-2/h3-8,11H,9-10H2,1-2H3,(H,22,23). The van der Waals surface area contributed by atoms with Gasteiger partial charge in [-0.25, -0.2) is 0 Å². The molecule has 0 fully saturated rings. The van der Waals surface area contributed by atoms with Crippen molar-refractivity contribution in [1.29, 1.82) is 0 Å². The summed E-state index contributed by atoms with van der Waals surface area (Å²) in [5.74, 6) is 0.593. The number of halogens is 3. The summed E-state index contributed by atoms with van der Waals surface area (Å²) in [5, 5.41) is 2.45. The number of rotatable bonds is 6. The predicted octanol–water partition coefficient (Wildman–Crippen LogP) is 4.43. The van der Waals surface area contributed by atoms with Crippen LogP contribution in [-0.2, 0) is 11.0 Å². The van der Waals surface area contributed by atoms with Crippen molar-refractivity contribution in [2.45, 2.75) is 19.5 Å². The van der Waals surface area contributed by atoms with Gasteiger partial charge in [0.05, 0.1) is 25.7 Å². The van der Waals surface area contributed by atoms with Gasteiger partial charge in [0, 0.05) is 5.69 Å². The molecule has 0 spiro atoms. The number of ether oxygens (including phenoxy) is 2. The number of aryl methyl sites for hydroxylation is 1. The normalized spacial score (nSPS) is 11.1. The molecule has 0 bridgehead atoms. The maximum absolute atomic E-state index is 12.9. The van der Waals surface area contributed by atoms with Crippen molar-refractivity contribution in [2.24, 2.45) is 0 Å². The molecule has 134 valence electrons. The molecule has 4 nitrogen and oxygen atoms in total. The zero-order valence-corrected chi connectivity index (χ0v) is 13.8. The molecule has 1 N–H and O–H groups in total. The Morgan fingerprint density at radius 3 is 2.44 bits per heavy atom. The van der Waals surface area contributed by atoms with E-state index < -0.39 is 17.6 Å². The minimum Gasteiger partial charge on any atom is -0.493 e. The van der Waals surface area contributed by atoms with Crippen LogP contribution in [0.3, 0.4) is 0 Å². The Hall–Kier alpha value is -2.70. The lowest BCUT2D eigenvalue weighted by molar-refractivity contribution is -0.138. The van der Waals surface area contributed by atoms with Gasteiger partial charge in [0.1, 0.15) is 0 Å².